The summed E-state index contributed by atoms with van der Waals surface area (Å²) in [6.07, 6.45) is 3.09. The van der Waals surface area contributed by atoms with Crippen LogP contribution in [0.2, 0.25) is 0 Å². The lowest BCUT2D eigenvalue weighted by Gasteiger charge is -2.39. The van der Waals surface area contributed by atoms with Crippen LogP contribution in [0.5, 0.6) is 0 Å². The van der Waals surface area contributed by atoms with Crippen LogP contribution in [0, 0.1) is 19.4 Å². The lowest BCUT2D eigenvalue weighted by molar-refractivity contribution is -0.146. The van der Waals surface area contributed by atoms with E-state index in [1.807, 2.05) is 18.0 Å². The first kappa shape index (κ1) is 31.4. The van der Waals surface area contributed by atoms with E-state index in [1.54, 1.807) is 24.1 Å². The second-order valence-electron chi connectivity index (χ2n) is 9.36. The molecule has 1 N–H and O–H groups in total. The summed E-state index contributed by atoms with van der Waals surface area (Å²) in [7, 11) is -1.61. The van der Waals surface area contributed by atoms with Gasteiger partial charge >= 0.3 is 0 Å². The molecule has 1 aromatic rings. The van der Waals surface area contributed by atoms with Gasteiger partial charge in [-0.15, -0.1) is 0 Å². The molecule has 1 aromatic carbocycles. The molecule has 0 aromatic heterocycles. The molecule has 2 amide bonds. The molecule has 36 heavy (non-hydrogen) atoms. The van der Waals surface area contributed by atoms with Gasteiger partial charge in [-0.2, -0.15) is 4.31 Å². The van der Waals surface area contributed by atoms with E-state index in [9.17, 15) is 18.0 Å². The van der Waals surface area contributed by atoms with E-state index >= 15 is 0 Å². The quantitative estimate of drug-likeness (QED) is 0.354. The standard InChI is InChI=1S/C24H38N6O4S.CH4/c1-19(2)8-7-11-26-23(31)17-28(22-16-21(25-4)10-9-20(22)3)18-24(32)27(5)29-12-14-30(15-13-29)35(6,33)34;/h9-10,16,19H,7-8,11-15,17-18H2,1-3,5-6H3,(H,26,31);1H4. The topological polar surface area (TPSA) is 97.6 Å². The second-order valence-corrected chi connectivity index (χ2v) is 11.3. The summed E-state index contributed by atoms with van der Waals surface area (Å²) >= 11 is 0. The predicted molar refractivity (Wildman–Crippen MR) is 144 cm³/mol. The lowest BCUT2D eigenvalue weighted by Crippen LogP contribution is -2.56. The third-order valence-corrected chi connectivity index (χ3v) is 7.38. The highest BCUT2D eigenvalue weighted by atomic mass is 32.2. The summed E-state index contributed by atoms with van der Waals surface area (Å²) in [4.78, 5) is 31.1. The predicted octanol–water partition coefficient (Wildman–Crippen LogP) is 2.49. The van der Waals surface area contributed by atoms with Gasteiger partial charge in [-0.05, 0) is 37.3 Å². The number of hydrazine groups is 1. The van der Waals surface area contributed by atoms with Crippen LogP contribution in [-0.4, -0.2) is 93.7 Å². The summed E-state index contributed by atoms with van der Waals surface area (Å²) in [5.41, 5.74) is 1.97. The molecule has 0 bridgehead atoms. The molecule has 2 rings (SSSR count). The van der Waals surface area contributed by atoms with Crippen LogP contribution in [0.3, 0.4) is 0 Å². The molecule has 0 unspecified atom stereocenters. The van der Waals surface area contributed by atoms with E-state index in [4.69, 9.17) is 6.57 Å². The summed E-state index contributed by atoms with van der Waals surface area (Å²) in [6.45, 7) is 15.4. The highest BCUT2D eigenvalue weighted by molar-refractivity contribution is 7.88. The van der Waals surface area contributed by atoms with Crippen molar-refractivity contribution in [3.8, 4) is 0 Å². The molecule has 202 valence electrons. The third kappa shape index (κ3) is 9.41. The molecule has 11 heteroatoms. The summed E-state index contributed by atoms with van der Waals surface area (Å²) in [5, 5.41) is 6.25. The normalized spacial score (nSPS) is 14.6. The Kier molecular flexibility index (Phi) is 12.3. The van der Waals surface area contributed by atoms with Crippen LogP contribution in [-0.2, 0) is 19.6 Å². The number of hydrogen-bond acceptors (Lipinski definition) is 6. The Morgan fingerprint density at radius 3 is 2.36 bits per heavy atom. The molecule has 0 atom stereocenters. The highest BCUT2D eigenvalue weighted by Gasteiger charge is 2.28. The highest BCUT2D eigenvalue weighted by Crippen LogP contribution is 2.26. The van der Waals surface area contributed by atoms with Gasteiger partial charge in [0.2, 0.25) is 15.9 Å². The zero-order valence-electron chi connectivity index (χ0n) is 21.5. The van der Waals surface area contributed by atoms with Crippen molar-refractivity contribution in [2.75, 3.05) is 64.0 Å². The van der Waals surface area contributed by atoms with Gasteiger partial charge in [0.25, 0.3) is 5.91 Å². The molecule has 0 saturated carbocycles. The van der Waals surface area contributed by atoms with Crippen molar-refractivity contribution in [1.82, 2.24) is 19.6 Å². The Morgan fingerprint density at radius 2 is 1.81 bits per heavy atom. The molecule has 0 aliphatic carbocycles. The van der Waals surface area contributed by atoms with Crippen LogP contribution in [0.4, 0.5) is 11.4 Å². The number of carbonyl (C=O) groups excluding carboxylic acids is 2. The van der Waals surface area contributed by atoms with Crippen LogP contribution >= 0.6 is 0 Å². The van der Waals surface area contributed by atoms with Crippen LogP contribution in [0.25, 0.3) is 4.85 Å². The van der Waals surface area contributed by atoms with Crippen molar-refractivity contribution in [3.05, 3.63) is 35.2 Å². The van der Waals surface area contributed by atoms with Crippen molar-refractivity contribution in [2.45, 2.75) is 41.0 Å². The Labute approximate surface area is 217 Å². The van der Waals surface area contributed by atoms with E-state index in [-0.39, 0.29) is 32.3 Å². The number of piperazine rings is 1. The number of carbonyl (C=O) groups is 2. The minimum Gasteiger partial charge on any atom is -0.355 e. The van der Waals surface area contributed by atoms with Gasteiger partial charge in [0.15, 0.2) is 5.69 Å². The first-order chi connectivity index (χ1) is 16.4. The number of nitrogens with zero attached hydrogens (tertiary/aromatic N) is 5. The fourth-order valence-electron chi connectivity index (χ4n) is 3.93. The number of anilines is 1. The fraction of sp³-hybridized carbons (Fsp3) is 0.640. The van der Waals surface area contributed by atoms with Crippen molar-refractivity contribution in [2.24, 2.45) is 5.92 Å². The minimum atomic E-state index is -3.26. The molecule has 10 nitrogen and oxygen atoms in total. The Hall–Kier alpha value is -2.68. The van der Waals surface area contributed by atoms with Gasteiger partial charge in [0.1, 0.15) is 0 Å². The van der Waals surface area contributed by atoms with Gasteiger partial charge in [-0.25, -0.2) is 18.3 Å². The monoisotopic (exact) mass is 522 g/mol. The van der Waals surface area contributed by atoms with Crippen molar-refractivity contribution in [1.29, 1.82) is 0 Å². The van der Waals surface area contributed by atoms with Gasteiger partial charge in [-0.1, -0.05) is 33.4 Å². The maximum atomic E-state index is 13.2. The number of aryl methyl sites for hydroxylation is 1. The molecule has 1 saturated heterocycles. The smallest absolute Gasteiger partial charge is 0.256 e. The third-order valence-electron chi connectivity index (χ3n) is 6.07. The van der Waals surface area contributed by atoms with Crippen LogP contribution < -0.4 is 10.2 Å². The van der Waals surface area contributed by atoms with Crippen molar-refractivity contribution >= 4 is 33.2 Å². The van der Waals surface area contributed by atoms with E-state index in [0.29, 0.717) is 50.0 Å². The Morgan fingerprint density at radius 1 is 1.17 bits per heavy atom. The van der Waals surface area contributed by atoms with E-state index in [2.05, 4.69) is 24.0 Å². The molecular weight excluding hydrogens is 480 g/mol. The first-order valence-corrected chi connectivity index (χ1v) is 13.7. The van der Waals surface area contributed by atoms with Gasteiger partial charge < -0.3 is 10.2 Å². The van der Waals surface area contributed by atoms with Crippen LogP contribution in [0.15, 0.2) is 18.2 Å². The fourth-order valence-corrected chi connectivity index (χ4v) is 4.76. The number of amides is 2. The summed E-state index contributed by atoms with van der Waals surface area (Å²) < 4.78 is 24.9. The summed E-state index contributed by atoms with van der Waals surface area (Å²) in [6, 6.07) is 5.23. The molecule has 1 heterocycles. The average molecular weight is 523 g/mol. The van der Waals surface area contributed by atoms with E-state index in [1.165, 1.54) is 15.6 Å². The molecule has 1 aliphatic rings. The number of nitrogens with one attached hydrogen (secondary N) is 1. The second kappa shape index (κ2) is 14.2. The van der Waals surface area contributed by atoms with Crippen molar-refractivity contribution < 1.29 is 18.0 Å². The number of rotatable bonds is 11. The average Bonchev–Trinajstić information content (AvgIpc) is 2.80. The number of likely N-dealkylation sites (N-methyl/N-ethyl adjacent to an activating group) is 1. The van der Waals surface area contributed by atoms with E-state index < -0.39 is 10.0 Å². The maximum absolute atomic E-state index is 13.2. The minimum absolute atomic E-state index is 0. The van der Waals surface area contributed by atoms with Gasteiger partial charge in [0.05, 0.1) is 25.9 Å². The number of benzene rings is 1. The van der Waals surface area contributed by atoms with Gasteiger partial charge in [0, 0.05) is 45.5 Å². The lowest BCUT2D eigenvalue weighted by atomic mass is 10.1. The van der Waals surface area contributed by atoms with Crippen LogP contribution in [0.1, 0.15) is 39.7 Å². The van der Waals surface area contributed by atoms with E-state index in [0.717, 1.165) is 18.4 Å². The molecule has 0 spiro atoms. The number of sulfonamides is 1. The maximum Gasteiger partial charge on any atom is 0.256 e. The largest absolute Gasteiger partial charge is 0.355 e. The molecule has 1 fully saturated rings. The Balaban J connectivity index is 0.00000648. The van der Waals surface area contributed by atoms with Gasteiger partial charge in [-0.3, -0.25) is 14.6 Å². The van der Waals surface area contributed by atoms with Crippen molar-refractivity contribution in [3.63, 3.8) is 0 Å². The molecule has 1 aliphatic heterocycles. The zero-order chi connectivity index (χ0) is 26.2. The molecule has 0 radical (unpaired) electrons. The SMILES string of the molecule is C.[C-]#[N+]c1ccc(C)c(N(CC(=O)NCCCC(C)C)CC(=O)N(C)N2CCN(S(C)(=O)=O)CC2)c1. The zero-order valence-corrected chi connectivity index (χ0v) is 22.3. The summed E-state index contributed by atoms with van der Waals surface area (Å²) in [5.74, 6) is 0.159. The Bertz CT molecular complexity index is 1030. The number of hydrogen-bond donors (Lipinski definition) is 1. The first-order valence-electron chi connectivity index (χ1n) is 11.9. The molecular formula is C25H42N6O4S.